The van der Waals surface area contributed by atoms with Gasteiger partial charge in [-0.05, 0) is 19.9 Å². The van der Waals surface area contributed by atoms with Gasteiger partial charge in [0.05, 0.1) is 5.76 Å². The van der Waals surface area contributed by atoms with Crippen LogP contribution in [0, 0.1) is 0 Å². The van der Waals surface area contributed by atoms with Crippen LogP contribution in [0.1, 0.15) is 13.8 Å². The Morgan fingerprint density at radius 2 is 2.10 bits per heavy atom. The molecular weight excluding hydrogens is 132 g/mol. The quantitative estimate of drug-likeness (QED) is 0.504. The van der Waals surface area contributed by atoms with Crippen LogP contribution in [0.4, 0.5) is 0 Å². The molecule has 1 aliphatic heterocycles. The van der Waals surface area contributed by atoms with Gasteiger partial charge in [0, 0.05) is 0 Å². The second-order valence-corrected chi connectivity index (χ2v) is 2.58. The number of ether oxygens (including phenoxy) is 1. The number of hydrogen-bond donors (Lipinski definition) is 2. The number of allylic oxidation sites excluding steroid dienone is 1. The van der Waals surface area contributed by atoms with Gasteiger partial charge in [0.25, 0.3) is 0 Å². The van der Waals surface area contributed by atoms with Gasteiger partial charge in [-0.3, -0.25) is 0 Å². The molecule has 0 aliphatic carbocycles. The monoisotopic (exact) mass is 144 g/mol. The van der Waals surface area contributed by atoms with Crippen LogP contribution in [-0.4, -0.2) is 28.5 Å². The summed E-state index contributed by atoms with van der Waals surface area (Å²) in [6.07, 6.45) is -0.363. The highest BCUT2D eigenvalue weighted by Gasteiger charge is 2.26. The first-order chi connectivity index (χ1) is 4.61. The predicted molar refractivity (Wildman–Crippen MR) is 36.3 cm³/mol. The fourth-order valence-electron chi connectivity index (χ4n) is 1.02. The molecule has 58 valence electrons. The number of aliphatic hydroxyl groups is 2. The smallest absolute Gasteiger partial charge is 0.124 e. The molecule has 1 aliphatic rings. The Labute approximate surface area is 59.9 Å². The van der Waals surface area contributed by atoms with E-state index in [-0.39, 0.29) is 6.10 Å². The van der Waals surface area contributed by atoms with E-state index in [1.807, 2.05) is 0 Å². The molecule has 3 atom stereocenters. The van der Waals surface area contributed by atoms with E-state index in [0.717, 1.165) is 0 Å². The van der Waals surface area contributed by atoms with E-state index in [0.29, 0.717) is 5.76 Å². The first-order valence-corrected chi connectivity index (χ1v) is 3.32. The molecule has 10 heavy (non-hydrogen) atoms. The summed E-state index contributed by atoms with van der Waals surface area (Å²) < 4.78 is 5.12. The lowest BCUT2D eigenvalue weighted by molar-refractivity contribution is -0.0641. The summed E-state index contributed by atoms with van der Waals surface area (Å²) in [6.45, 7) is 3.48. The maximum absolute atomic E-state index is 9.14. The second kappa shape index (κ2) is 2.60. The first kappa shape index (κ1) is 7.57. The third kappa shape index (κ3) is 1.30. The van der Waals surface area contributed by atoms with Crippen molar-refractivity contribution in [2.45, 2.75) is 32.2 Å². The molecule has 0 saturated carbocycles. The minimum atomic E-state index is -0.788. The molecule has 0 aromatic heterocycles. The lowest BCUT2D eigenvalue weighted by atomic mass is 10.1. The molecule has 1 heterocycles. The Bertz CT molecular complexity index is 153. The van der Waals surface area contributed by atoms with Crippen LogP contribution in [-0.2, 0) is 4.74 Å². The van der Waals surface area contributed by atoms with Crippen LogP contribution in [0.5, 0.6) is 0 Å². The van der Waals surface area contributed by atoms with Gasteiger partial charge in [-0.25, -0.2) is 0 Å². The Kier molecular flexibility index (Phi) is 1.97. The molecule has 3 heteroatoms. The Morgan fingerprint density at radius 3 is 2.60 bits per heavy atom. The van der Waals surface area contributed by atoms with Crippen LogP contribution < -0.4 is 0 Å². The number of aliphatic hydroxyl groups excluding tert-OH is 2. The summed E-state index contributed by atoms with van der Waals surface area (Å²) in [7, 11) is 0. The fraction of sp³-hybridized carbons (Fsp3) is 0.714. The molecule has 0 bridgehead atoms. The van der Waals surface area contributed by atoms with Crippen molar-refractivity contribution < 1.29 is 14.9 Å². The Morgan fingerprint density at radius 1 is 1.50 bits per heavy atom. The van der Waals surface area contributed by atoms with Crippen molar-refractivity contribution in [3.63, 3.8) is 0 Å². The van der Waals surface area contributed by atoms with Crippen LogP contribution in [0.15, 0.2) is 11.8 Å². The summed E-state index contributed by atoms with van der Waals surface area (Å²) in [6, 6.07) is 0. The van der Waals surface area contributed by atoms with E-state index in [1.54, 1.807) is 13.8 Å². The molecule has 0 radical (unpaired) electrons. The molecule has 3 nitrogen and oxygen atoms in total. The summed E-state index contributed by atoms with van der Waals surface area (Å²) >= 11 is 0. The molecule has 0 saturated heterocycles. The van der Waals surface area contributed by atoms with Gasteiger partial charge in [-0.2, -0.15) is 0 Å². The molecular formula is C7H12O3. The van der Waals surface area contributed by atoms with Gasteiger partial charge in [0.15, 0.2) is 0 Å². The van der Waals surface area contributed by atoms with Crippen molar-refractivity contribution in [1.82, 2.24) is 0 Å². The van der Waals surface area contributed by atoms with Crippen molar-refractivity contribution in [3.05, 3.63) is 11.8 Å². The zero-order valence-corrected chi connectivity index (χ0v) is 6.11. The summed E-state index contributed by atoms with van der Waals surface area (Å²) in [5.41, 5.74) is 0. The van der Waals surface area contributed by atoms with E-state index in [2.05, 4.69) is 0 Å². The lowest BCUT2D eigenvalue weighted by Gasteiger charge is -2.28. The lowest BCUT2D eigenvalue weighted by Crippen LogP contribution is -2.39. The van der Waals surface area contributed by atoms with Crippen molar-refractivity contribution in [3.8, 4) is 0 Å². The third-order valence-electron chi connectivity index (χ3n) is 1.61. The normalized spacial score (nSPS) is 40.4. The molecule has 2 N–H and O–H groups in total. The number of rotatable bonds is 0. The maximum atomic E-state index is 9.14. The van der Waals surface area contributed by atoms with Crippen LogP contribution in [0.2, 0.25) is 0 Å². The van der Waals surface area contributed by atoms with Gasteiger partial charge in [0.2, 0.25) is 0 Å². The predicted octanol–water partition coefficient (Wildman–Crippen LogP) is 0.0307. The fourth-order valence-corrected chi connectivity index (χ4v) is 1.02. The van der Waals surface area contributed by atoms with E-state index >= 15 is 0 Å². The minimum Gasteiger partial charge on any atom is -0.493 e. The topological polar surface area (TPSA) is 49.7 Å². The van der Waals surface area contributed by atoms with Crippen LogP contribution >= 0.6 is 0 Å². The van der Waals surface area contributed by atoms with Crippen LogP contribution in [0.25, 0.3) is 0 Å². The highest BCUT2D eigenvalue weighted by Crippen LogP contribution is 2.16. The van der Waals surface area contributed by atoms with Crippen molar-refractivity contribution in [2.24, 2.45) is 0 Å². The zero-order chi connectivity index (χ0) is 7.72. The minimum absolute atomic E-state index is 0.306. The van der Waals surface area contributed by atoms with E-state index < -0.39 is 12.2 Å². The SMILES string of the molecule is CC1=C[C@@H](O)[C@H](O)[C@@H](C)O1. The molecule has 1 rings (SSSR count). The number of hydrogen-bond acceptors (Lipinski definition) is 3. The third-order valence-corrected chi connectivity index (χ3v) is 1.61. The van der Waals surface area contributed by atoms with E-state index in [1.165, 1.54) is 6.08 Å². The van der Waals surface area contributed by atoms with E-state index in [9.17, 15) is 0 Å². The Balaban J connectivity index is 2.69. The summed E-state index contributed by atoms with van der Waals surface area (Å²) in [5.74, 6) is 0.672. The maximum Gasteiger partial charge on any atom is 0.124 e. The summed E-state index contributed by atoms with van der Waals surface area (Å²) in [5, 5.41) is 18.3. The molecule has 0 aromatic carbocycles. The van der Waals surface area contributed by atoms with Crippen LogP contribution in [0.3, 0.4) is 0 Å². The van der Waals surface area contributed by atoms with E-state index in [4.69, 9.17) is 14.9 Å². The zero-order valence-electron chi connectivity index (χ0n) is 6.11. The van der Waals surface area contributed by atoms with Gasteiger partial charge in [-0.1, -0.05) is 0 Å². The molecule has 0 unspecified atom stereocenters. The molecule has 0 amide bonds. The average Bonchev–Trinajstić information content (AvgIpc) is 1.82. The molecule has 0 fully saturated rings. The standard InChI is InChI=1S/C7H12O3/c1-4-3-6(8)7(9)5(2)10-4/h3,5-9H,1-2H3/t5-,6-,7-/m1/s1. The van der Waals surface area contributed by atoms with Crippen molar-refractivity contribution in [1.29, 1.82) is 0 Å². The van der Waals surface area contributed by atoms with Crippen molar-refractivity contribution in [2.75, 3.05) is 0 Å². The molecule has 0 spiro atoms. The van der Waals surface area contributed by atoms with Gasteiger partial charge < -0.3 is 14.9 Å². The largest absolute Gasteiger partial charge is 0.493 e. The summed E-state index contributed by atoms with van der Waals surface area (Å²) in [4.78, 5) is 0. The highest BCUT2D eigenvalue weighted by atomic mass is 16.5. The van der Waals surface area contributed by atoms with Gasteiger partial charge in [-0.15, -0.1) is 0 Å². The second-order valence-electron chi connectivity index (χ2n) is 2.58. The van der Waals surface area contributed by atoms with Crippen molar-refractivity contribution >= 4 is 0 Å². The first-order valence-electron chi connectivity index (χ1n) is 3.32. The highest BCUT2D eigenvalue weighted by molar-refractivity contribution is 5.03. The average molecular weight is 144 g/mol. The van der Waals surface area contributed by atoms with Gasteiger partial charge in [0.1, 0.15) is 18.3 Å². The Hall–Kier alpha value is -0.540. The molecule has 0 aromatic rings. The van der Waals surface area contributed by atoms with Gasteiger partial charge >= 0.3 is 0 Å².